The van der Waals surface area contributed by atoms with Crippen molar-refractivity contribution in [1.82, 2.24) is 25.1 Å². The number of piperazine rings is 1. The first-order valence-electron chi connectivity index (χ1n) is 9.81. The van der Waals surface area contributed by atoms with Crippen molar-refractivity contribution < 1.29 is 13.8 Å². The van der Waals surface area contributed by atoms with Crippen LogP contribution >= 0.6 is 11.6 Å². The Morgan fingerprint density at radius 2 is 1.83 bits per heavy atom. The lowest BCUT2D eigenvalue weighted by molar-refractivity contribution is -0.116. The fourth-order valence-electron chi connectivity index (χ4n) is 3.29. The summed E-state index contributed by atoms with van der Waals surface area (Å²) >= 11 is 5.92. The molecule has 30 heavy (non-hydrogen) atoms. The maximum absolute atomic E-state index is 12.0. The highest BCUT2D eigenvalue weighted by Gasteiger charge is 2.20. The second kappa shape index (κ2) is 9.38. The van der Waals surface area contributed by atoms with Crippen LogP contribution < -0.4 is 5.32 Å². The summed E-state index contributed by atoms with van der Waals surface area (Å²) in [6, 6.07) is 9.05. The van der Waals surface area contributed by atoms with Crippen molar-refractivity contribution in [2.45, 2.75) is 19.9 Å². The van der Waals surface area contributed by atoms with Gasteiger partial charge in [0.05, 0.1) is 6.54 Å². The van der Waals surface area contributed by atoms with Crippen LogP contribution in [0.25, 0.3) is 11.4 Å². The molecule has 1 aliphatic rings. The average molecular weight is 431 g/mol. The van der Waals surface area contributed by atoms with Crippen LogP contribution in [-0.2, 0) is 11.3 Å². The molecule has 10 heteroatoms. The molecule has 1 aliphatic heterocycles. The molecule has 1 saturated heterocycles. The van der Waals surface area contributed by atoms with E-state index in [4.69, 9.17) is 20.6 Å². The predicted octanol–water partition coefficient (Wildman–Crippen LogP) is 2.83. The first-order chi connectivity index (χ1) is 14.5. The zero-order valence-electron chi connectivity index (χ0n) is 16.7. The van der Waals surface area contributed by atoms with Gasteiger partial charge in [-0.2, -0.15) is 4.98 Å². The van der Waals surface area contributed by atoms with Crippen LogP contribution in [0.1, 0.15) is 18.1 Å². The van der Waals surface area contributed by atoms with Crippen molar-refractivity contribution in [2.24, 2.45) is 0 Å². The Kier molecular flexibility index (Phi) is 6.41. The van der Waals surface area contributed by atoms with E-state index >= 15 is 0 Å². The summed E-state index contributed by atoms with van der Waals surface area (Å²) in [5.74, 6) is 2.22. The van der Waals surface area contributed by atoms with E-state index in [1.54, 1.807) is 25.1 Å². The number of halogens is 1. The highest BCUT2D eigenvalue weighted by molar-refractivity contribution is 6.30. The highest BCUT2D eigenvalue weighted by Crippen LogP contribution is 2.19. The maximum Gasteiger partial charge on any atom is 0.241 e. The van der Waals surface area contributed by atoms with Gasteiger partial charge in [0.2, 0.25) is 17.6 Å². The van der Waals surface area contributed by atoms with E-state index in [2.05, 4.69) is 30.4 Å². The van der Waals surface area contributed by atoms with Gasteiger partial charge >= 0.3 is 0 Å². The second-order valence-corrected chi connectivity index (χ2v) is 7.69. The van der Waals surface area contributed by atoms with Crippen molar-refractivity contribution in [1.29, 1.82) is 0 Å². The molecule has 0 aliphatic carbocycles. The number of nitrogens with zero attached hydrogens (tertiary/aromatic N) is 5. The van der Waals surface area contributed by atoms with Crippen molar-refractivity contribution in [3.63, 3.8) is 0 Å². The molecule has 1 N–H and O–H groups in total. The van der Waals surface area contributed by atoms with Crippen LogP contribution in [0.15, 0.2) is 39.4 Å². The van der Waals surface area contributed by atoms with E-state index in [-0.39, 0.29) is 5.91 Å². The van der Waals surface area contributed by atoms with Crippen LogP contribution in [0.3, 0.4) is 0 Å². The molecule has 3 aromatic rings. The number of carbonyl (C=O) groups excluding carboxylic acids is 1. The molecule has 9 nitrogen and oxygen atoms in total. The Bertz CT molecular complexity index is 979. The standard InChI is InChI=1S/C20H23ClN6O3/c1-14-12-17(24-29-14)22-18(28)6-7-26-8-10-27(11-9-26)13-19-23-20(25-30-19)15-2-4-16(21)5-3-15/h2-5,12H,6-11,13H2,1H3,(H,22,24,28). The molecule has 0 unspecified atom stereocenters. The van der Waals surface area contributed by atoms with Gasteiger partial charge in [-0.05, 0) is 31.2 Å². The Balaban J connectivity index is 1.19. The minimum absolute atomic E-state index is 0.0636. The fourth-order valence-corrected chi connectivity index (χ4v) is 3.41. The van der Waals surface area contributed by atoms with Crippen LogP contribution in [0.5, 0.6) is 0 Å². The van der Waals surface area contributed by atoms with Crippen molar-refractivity contribution >= 4 is 23.3 Å². The van der Waals surface area contributed by atoms with E-state index in [0.29, 0.717) is 47.8 Å². The molecule has 1 amide bonds. The van der Waals surface area contributed by atoms with E-state index in [1.807, 2.05) is 12.1 Å². The van der Waals surface area contributed by atoms with E-state index in [1.165, 1.54) is 0 Å². The third kappa shape index (κ3) is 5.44. The summed E-state index contributed by atoms with van der Waals surface area (Å²) in [7, 11) is 0. The molecule has 3 heterocycles. The maximum atomic E-state index is 12.0. The summed E-state index contributed by atoms with van der Waals surface area (Å²) in [6.45, 7) is 6.63. The number of aryl methyl sites for hydroxylation is 1. The number of hydrogen-bond acceptors (Lipinski definition) is 8. The van der Waals surface area contributed by atoms with Gasteiger partial charge in [-0.3, -0.25) is 9.69 Å². The van der Waals surface area contributed by atoms with Gasteiger partial charge in [-0.25, -0.2) is 0 Å². The SMILES string of the molecule is Cc1cc(NC(=O)CCN2CCN(Cc3nc(-c4ccc(Cl)cc4)no3)CC2)no1. The summed E-state index contributed by atoms with van der Waals surface area (Å²) in [4.78, 5) is 21.1. The number of amides is 1. The first-order valence-corrected chi connectivity index (χ1v) is 10.2. The number of carbonyl (C=O) groups is 1. The zero-order valence-corrected chi connectivity index (χ0v) is 17.4. The molecule has 0 radical (unpaired) electrons. The van der Waals surface area contributed by atoms with Crippen LogP contribution in [-0.4, -0.2) is 63.7 Å². The third-order valence-corrected chi connectivity index (χ3v) is 5.20. The molecular weight excluding hydrogens is 408 g/mol. The van der Waals surface area contributed by atoms with Crippen LogP contribution in [0.4, 0.5) is 5.82 Å². The molecule has 0 spiro atoms. The van der Waals surface area contributed by atoms with E-state index < -0.39 is 0 Å². The molecule has 1 aromatic carbocycles. The number of nitrogens with one attached hydrogen (secondary N) is 1. The lowest BCUT2D eigenvalue weighted by Gasteiger charge is -2.33. The molecule has 0 saturated carbocycles. The Morgan fingerprint density at radius 3 is 2.53 bits per heavy atom. The molecule has 0 bridgehead atoms. The van der Waals surface area contributed by atoms with Crippen molar-refractivity contribution in [2.75, 3.05) is 38.0 Å². The van der Waals surface area contributed by atoms with Crippen molar-refractivity contribution in [3.05, 3.63) is 47.0 Å². The Morgan fingerprint density at radius 1 is 1.10 bits per heavy atom. The normalized spacial score (nSPS) is 15.4. The van der Waals surface area contributed by atoms with Crippen LogP contribution in [0, 0.1) is 6.92 Å². The van der Waals surface area contributed by atoms with Gasteiger partial charge < -0.3 is 19.3 Å². The summed E-state index contributed by atoms with van der Waals surface area (Å²) < 4.78 is 10.3. The quantitative estimate of drug-likeness (QED) is 0.610. The van der Waals surface area contributed by atoms with E-state index in [0.717, 1.165) is 31.7 Å². The van der Waals surface area contributed by atoms with E-state index in [9.17, 15) is 4.79 Å². The highest BCUT2D eigenvalue weighted by atomic mass is 35.5. The topological polar surface area (TPSA) is 101 Å². The van der Waals surface area contributed by atoms with Gasteiger partial charge in [-0.15, -0.1) is 0 Å². The van der Waals surface area contributed by atoms with Crippen molar-refractivity contribution in [3.8, 4) is 11.4 Å². The van der Waals surface area contributed by atoms with Gasteiger partial charge in [0.1, 0.15) is 5.76 Å². The number of hydrogen-bond donors (Lipinski definition) is 1. The minimum atomic E-state index is -0.0636. The molecule has 2 aromatic heterocycles. The zero-order chi connectivity index (χ0) is 20.9. The summed E-state index contributed by atoms with van der Waals surface area (Å²) in [5, 5.41) is 11.3. The lowest BCUT2D eigenvalue weighted by atomic mass is 10.2. The fraction of sp³-hybridized carbons (Fsp3) is 0.400. The monoisotopic (exact) mass is 430 g/mol. The van der Waals surface area contributed by atoms with Gasteiger partial charge in [0.25, 0.3) is 0 Å². The third-order valence-electron chi connectivity index (χ3n) is 4.94. The lowest BCUT2D eigenvalue weighted by Crippen LogP contribution is -2.46. The smallest absolute Gasteiger partial charge is 0.241 e. The Hall–Kier alpha value is -2.75. The number of benzene rings is 1. The van der Waals surface area contributed by atoms with Gasteiger partial charge in [-0.1, -0.05) is 21.9 Å². The predicted molar refractivity (Wildman–Crippen MR) is 111 cm³/mol. The molecular formula is C20H23ClN6O3. The summed E-state index contributed by atoms with van der Waals surface area (Å²) in [6.07, 6.45) is 0.417. The number of rotatable bonds is 7. The van der Waals surface area contributed by atoms with Crippen LogP contribution in [0.2, 0.25) is 5.02 Å². The summed E-state index contributed by atoms with van der Waals surface area (Å²) in [5.41, 5.74) is 0.873. The Labute approximate surface area is 179 Å². The van der Waals surface area contributed by atoms with Gasteiger partial charge in [0.15, 0.2) is 5.82 Å². The largest absolute Gasteiger partial charge is 0.360 e. The molecule has 4 rings (SSSR count). The minimum Gasteiger partial charge on any atom is -0.360 e. The van der Waals surface area contributed by atoms with Gasteiger partial charge in [0, 0.05) is 55.8 Å². The first kappa shape index (κ1) is 20.5. The average Bonchev–Trinajstić information content (AvgIpc) is 3.37. The second-order valence-electron chi connectivity index (χ2n) is 7.26. The molecule has 158 valence electrons. The number of anilines is 1. The molecule has 0 atom stereocenters. The molecule has 1 fully saturated rings. The number of aromatic nitrogens is 3.